The van der Waals surface area contributed by atoms with Gasteiger partial charge in [0.2, 0.25) is 0 Å². The third-order valence-corrected chi connectivity index (χ3v) is 4.56. The largest absolute Gasteiger partial charge is 0.341 e. The molecule has 19 heavy (non-hydrogen) atoms. The van der Waals surface area contributed by atoms with E-state index in [4.69, 9.17) is 5.73 Å². The molecule has 3 heterocycles. The standard InChI is InChI=1S/C15H23N3O/c1-10(2)17-7-3-4-14(17)15(19)18-12-5-6-13(18)9-11(16)8-12/h3-4,7,10-13H,5-6,8-9,16H2,1-2H3. The fourth-order valence-electron chi connectivity index (χ4n) is 3.71. The molecule has 0 aromatic carbocycles. The third-order valence-electron chi connectivity index (χ3n) is 4.56. The van der Waals surface area contributed by atoms with Gasteiger partial charge in [-0.1, -0.05) is 0 Å². The topological polar surface area (TPSA) is 51.3 Å². The van der Waals surface area contributed by atoms with E-state index >= 15 is 0 Å². The Morgan fingerprint density at radius 1 is 1.32 bits per heavy atom. The van der Waals surface area contributed by atoms with Crippen molar-refractivity contribution in [3.63, 3.8) is 0 Å². The Kier molecular flexibility index (Phi) is 3.13. The van der Waals surface area contributed by atoms with Gasteiger partial charge in [0.05, 0.1) is 0 Å². The van der Waals surface area contributed by atoms with Gasteiger partial charge in [0, 0.05) is 30.4 Å². The monoisotopic (exact) mass is 261 g/mol. The van der Waals surface area contributed by atoms with Crippen LogP contribution in [0, 0.1) is 0 Å². The molecule has 2 saturated heterocycles. The SMILES string of the molecule is CC(C)n1cccc1C(=O)N1C2CCC1CC(N)C2. The van der Waals surface area contributed by atoms with E-state index in [0.717, 1.165) is 31.4 Å². The molecule has 2 N–H and O–H groups in total. The molecule has 0 saturated carbocycles. The van der Waals surface area contributed by atoms with Crippen molar-refractivity contribution in [2.75, 3.05) is 0 Å². The van der Waals surface area contributed by atoms with Crippen molar-refractivity contribution in [2.24, 2.45) is 5.73 Å². The number of rotatable bonds is 2. The summed E-state index contributed by atoms with van der Waals surface area (Å²) < 4.78 is 2.07. The molecule has 4 nitrogen and oxygen atoms in total. The van der Waals surface area contributed by atoms with Crippen molar-refractivity contribution in [3.05, 3.63) is 24.0 Å². The molecule has 1 aromatic rings. The Labute approximate surface area is 114 Å². The first-order valence-electron chi connectivity index (χ1n) is 7.33. The van der Waals surface area contributed by atoms with Crippen molar-refractivity contribution < 1.29 is 4.79 Å². The molecule has 2 fully saturated rings. The summed E-state index contributed by atoms with van der Waals surface area (Å²) in [4.78, 5) is 14.9. The van der Waals surface area contributed by atoms with Crippen LogP contribution in [-0.4, -0.2) is 33.5 Å². The molecule has 2 bridgehead atoms. The zero-order chi connectivity index (χ0) is 13.6. The van der Waals surface area contributed by atoms with E-state index < -0.39 is 0 Å². The zero-order valence-electron chi connectivity index (χ0n) is 11.7. The second kappa shape index (κ2) is 4.67. The van der Waals surface area contributed by atoms with Gasteiger partial charge >= 0.3 is 0 Å². The Morgan fingerprint density at radius 2 is 1.95 bits per heavy atom. The second-order valence-corrected chi connectivity index (χ2v) is 6.22. The molecule has 1 aromatic heterocycles. The van der Waals surface area contributed by atoms with Crippen LogP contribution < -0.4 is 5.73 Å². The van der Waals surface area contributed by atoms with E-state index in [1.54, 1.807) is 0 Å². The summed E-state index contributed by atoms with van der Waals surface area (Å²) in [5.41, 5.74) is 6.89. The van der Waals surface area contributed by atoms with Crippen molar-refractivity contribution in [1.29, 1.82) is 0 Å². The lowest BCUT2D eigenvalue weighted by atomic mass is 9.98. The molecule has 2 aliphatic rings. The van der Waals surface area contributed by atoms with E-state index in [1.807, 2.05) is 18.3 Å². The van der Waals surface area contributed by atoms with Gasteiger partial charge in [-0.2, -0.15) is 0 Å². The fraction of sp³-hybridized carbons (Fsp3) is 0.667. The summed E-state index contributed by atoms with van der Waals surface area (Å²) in [6.07, 6.45) is 6.16. The molecular weight excluding hydrogens is 238 g/mol. The van der Waals surface area contributed by atoms with Crippen LogP contribution in [0.15, 0.2) is 18.3 Å². The first-order valence-corrected chi connectivity index (χ1v) is 7.33. The minimum absolute atomic E-state index is 0.193. The normalized spacial score (nSPS) is 30.1. The van der Waals surface area contributed by atoms with Crippen molar-refractivity contribution in [3.8, 4) is 0 Å². The van der Waals surface area contributed by atoms with Crippen LogP contribution in [0.25, 0.3) is 0 Å². The number of nitrogens with zero attached hydrogens (tertiary/aromatic N) is 2. The molecule has 2 unspecified atom stereocenters. The van der Waals surface area contributed by atoms with Gasteiger partial charge < -0.3 is 15.2 Å². The Morgan fingerprint density at radius 3 is 2.53 bits per heavy atom. The Hall–Kier alpha value is -1.29. The summed E-state index contributed by atoms with van der Waals surface area (Å²) >= 11 is 0. The average Bonchev–Trinajstić information content (AvgIpc) is 2.92. The maximum Gasteiger partial charge on any atom is 0.270 e. The van der Waals surface area contributed by atoms with E-state index in [9.17, 15) is 4.79 Å². The van der Waals surface area contributed by atoms with E-state index in [-0.39, 0.29) is 11.9 Å². The summed E-state index contributed by atoms with van der Waals surface area (Å²) in [5, 5.41) is 0. The first kappa shape index (κ1) is 12.7. The highest BCUT2D eigenvalue weighted by atomic mass is 16.2. The number of hydrogen-bond donors (Lipinski definition) is 1. The Bertz CT molecular complexity index is 465. The number of hydrogen-bond acceptors (Lipinski definition) is 2. The van der Waals surface area contributed by atoms with Gasteiger partial charge in [0.15, 0.2) is 0 Å². The zero-order valence-corrected chi connectivity index (χ0v) is 11.7. The van der Waals surface area contributed by atoms with Gasteiger partial charge in [-0.15, -0.1) is 0 Å². The van der Waals surface area contributed by atoms with Crippen LogP contribution in [0.5, 0.6) is 0 Å². The molecule has 104 valence electrons. The van der Waals surface area contributed by atoms with Crippen LogP contribution in [0.1, 0.15) is 56.1 Å². The molecule has 4 heteroatoms. The van der Waals surface area contributed by atoms with Crippen LogP contribution in [0.2, 0.25) is 0 Å². The van der Waals surface area contributed by atoms with Gasteiger partial charge in [0.25, 0.3) is 5.91 Å². The van der Waals surface area contributed by atoms with Crippen molar-refractivity contribution >= 4 is 5.91 Å². The molecular formula is C15H23N3O. The molecule has 2 atom stereocenters. The molecule has 3 rings (SSSR count). The maximum absolute atomic E-state index is 12.8. The highest BCUT2D eigenvalue weighted by molar-refractivity contribution is 5.93. The highest BCUT2D eigenvalue weighted by Crippen LogP contribution is 2.36. The summed E-state index contributed by atoms with van der Waals surface area (Å²) in [5.74, 6) is 0.193. The smallest absolute Gasteiger partial charge is 0.270 e. The van der Waals surface area contributed by atoms with Crippen LogP contribution in [0.3, 0.4) is 0 Å². The molecule has 1 amide bonds. The predicted octanol–water partition coefficient (Wildman–Crippen LogP) is 2.16. The number of aromatic nitrogens is 1. The lowest BCUT2D eigenvalue weighted by Gasteiger charge is -2.38. The minimum atomic E-state index is 0.193. The first-order chi connectivity index (χ1) is 9.08. The quantitative estimate of drug-likeness (QED) is 0.887. The van der Waals surface area contributed by atoms with Gasteiger partial charge in [0.1, 0.15) is 5.69 Å². The number of nitrogens with two attached hydrogens (primary N) is 1. The number of fused-ring (bicyclic) bond motifs is 2. The summed E-state index contributed by atoms with van der Waals surface area (Å²) in [6.45, 7) is 4.22. The number of carbonyl (C=O) groups is 1. The number of carbonyl (C=O) groups excluding carboxylic acids is 1. The van der Waals surface area contributed by atoms with Crippen molar-refractivity contribution in [1.82, 2.24) is 9.47 Å². The van der Waals surface area contributed by atoms with E-state index in [0.29, 0.717) is 18.1 Å². The minimum Gasteiger partial charge on any atom is -0.341 e. The van der Waals surface area contributed by atoms with Crippen molar-refractivity contribution in [2.45, 2.75) is 63.7 Å². The predicted molar refractivity (Wildman–Crippen MR) is 75.0 cm³/mol. The van der Waals surface area contributed by atoms with Gasteiger partial charge in [-0.25, -0.2) is 0 Å². The molecule has 0 radical (unpaired) electrons. The lowest BCUT2D eigenvalue weighted by molar-refractivity contribution is 0.0562. The third kappa shape index (κ3) is 2.08. The van der Waals surface area contributed by atoms with Gasteiger partial charge in [-0.05, 0) is 51.7 Å². The van der Waals surface area contributed by atoms with Crippen LogP contribution in [-0.2, 0) is 0 Å². The summed E-state index contributed by atoms with van der Waals surface area (Å²) in [6, 6.07) is 5.21. The van der Waals surface area contributed by atoms with Gasteiger partial charge in [-0.3, -0.25) is 4.79 Å². The second-order valence-electron chi connectivity index (χ2n) is 6.22. The molecule has 0 aliphatic carbocycles. The van der Waals surface area contributed by atoms with Crippen LogP contribution in [0.4, 0.5) is 0 Å². The lowest BCUT2D eigenvalue weighted by Crippen LogP contribution is -2.50. The number of amides is 1. The highest BCUT2D eigenvalue weighted by Gasteiger charge is 2.42. The summed E-state index contributed by atoms with van der Waals surface area (Å²) in [7, 11) is 0. The maximum atomic E-state index is 12.8. The Balaban J connectivity index is 1.87. The molecule has 0 spiro atoms. The fourth-order valence-corrected chi connectivity index (χ4v) is 3.71. The molecule has 2 aliphatic heterocycles. The van der Waals surface area contributed by atoms with E-state index in [2.05, 4.69) is 23.3 Å². The van der Waals surface area contributed by atoms with Crippen LogP contribution >= 0.6 is 0 Å². The van der Waals surface area contributed by atoms with E-state index in [1.165, 1.54) is 0 Å². The average molecular weight is 261 g/mol. The number of piperidine rings is 1.